The lowest BCUT2D eigenvalue weighted by atomic mass is 10.0. The van der Waals surface area contributed by atoms with E-state index in [1.807, 2.05) is 24.3 Å². The summed E-state index contributed by atoms with van der Waals surface area (Å²) in [6.07, 6.45) is 2.49. The van der Waals surface area contributed by atoms with E-state index in [4.69, 9.17) is 11.5 Å². The molecule has 1 atom stereocenters. The highest BCUT2D eigenvalue weighted by Crippen LogP contribution is 2.29. The van der Waals surface area contributed by atoms with E-state index >= 15 is 0 Å². The first kappa shape index (κ1) is 13.9. The molecule has 1 fully saturated rings. The summed E-state index contributed by atoms with van der Waals surface area (Å²) < 4.78 is 1.01. The third-order valence-electron chi connectivity index (χ3n) is 3.84. The van der Waals surface area contributed by atoms with E-state index in [-0.39, 0.29) is 5.91 Å². The number of nitrogen functional groups attached to an aromatic ring is 1. The second-order valence-electron chi connectivity index (χ2n) is 5.32. The van der Waals surface area contributed by atoms with Gasteiger partial charge in [-0.15, -0.1) is 11.3 Å². The fourth-order valence-electron chi connectivity index (χ4n) is 2.78. The van der Waals surface area contributed by atoms with Crippen LogP contribution >= 0.6 is 11.3 Å². The number of rotatable bonds is 2. The average molecular weight is 303 g/mol. The molecule has 3 rings (SSSR count). The Kier molecular flexibility index (Phi) is 3.55. The first-order valence-corrected chi connectivity index (χ1v) is 7.77. The van der Waals surface area contributed by atoms with Crippen molar-refractivity contribution in [2.75, 3.05) is 12.3 Å². The van der Waals surface area contributed by atoms with Gasteiger partial charge in [0.05, 0.1) is 4.88 Å². The van der Waals surface area contributed by atoms with Crippen LogP contribution in [0.2, 0.25) is 0 Å². The number of benzene rings is 1. The summed E-state index contributed by atoms with van der Waals surface area (Å²) in [5, 5.41) is 0.955. The maximum absolute atomic E-state index is 12.7. The van der Waals surface area contributed by atoms with Crippen LogP contribution in [0.1, 0.15) is 28.9 Å². The molecule has 1 saturated heterocycles. The predicted molar refractivity (Wildman–Crippen MR) is 84.1 cm³/mol. The van der Waals surface area contributed by atoms with E-state index in [0.29, 0.717) is 23.5 Å². The molecule has 6 heteroatoms. The molecule has 2 heterocycles. The quantitative estimate of drug-likeness (QED) is 0.831. The summed E-state index contributed by atoms with van der Waals surface area (Å²) >= 11 is 1.42. The van der Waals surface area contributed by atoms with Gasteiger partial charge >= 0.3 is 0 Å². The van der Waals surface area contributed by atoms with E-state index < -0.39 is 11.9 Å². The van der Waals surface area contributed by atoms with Gasteiger partial charge in [-0.1, -0.05) is 0 Å². The minimum atomic E-state index is -0.485. The van der Waals surface area contributed by atoms with Crippen molar-refractivity contribution in [3.63, 3.8) is 0 Å². The number of carbonyl (C=O) groups excluding carboxylic acids is 2. The third-order valence-corrected chi connectivity index (χ3v) is 4.95. The van der Waals surface area contributed by atoms with Crippen LogP contribution < -0.4 is 11.5 Å². The van der Waals surface area contributed by atoms with Gasteiger partial charge < -0.3 is 16.4 Å². The summed E-state index contributed by atoms with van der Waals surface area (Å²) in [6, 6.07) is 6.94. The number of hydrogen-bond acceptors (Lipinski definition) is 4. The second kappa shape index (κ2) is 5.37. The van der Waals surface area contributed by atoms with Crippen molar-refractivity contribution in [3.8, 4) is 0 Å². The molecular weight excluding hydrogens is 286 g/mol. The zero-order chi connectivity index (χ0) is 15.0. The zero-order valence-corrected chi connectivity index (χ0v) is 12.4. The molecule has 2 aromatic rings. The zero-order valence-electron chi connectivity index (χ0n) is 11.5. The number of nitrogens with two attached hydrogens (primary N) is 2. The van der Waals surface area contributed by atoms with Crippen molar-refractivity contribution in [1.82, 2.24) is 4.90 Å². The summed E-state index contributed by atoms with van der Waals surface area (Å²) in [7, 11) is 0. The number of amides is 2. The average Bonchev–Trinajstić information content (AvgIpc) is 2.89. The third kappa shape index (κ3) is 2.58. The molecule has 0 radical (unpaired) electrons. The van der Waals surface area contributed by atoms with Crippen LogP contribution in [0.5, 0.6) is 0 Å². The van der Waals surface area contributed by atoms with Gasteiger partial charge in [-0.05, 0) is 48.9 Å². The van der Waals surface area contributed by atoms with Crippen LogP contribution in [0.25, 0.3) is 10.1 Å². The Morgan fingerprint density at radius 1 is 1.24 bits per heavy atom. The van der Waals surface area contributed by atoms with Crippen LogP contribution in [-0.4, -0.2) is 29.3 Å². The van der Waals surface area contributed by atoms with Gasteiger partial charge in [0.15, 0.2) is 0 Å². The molecular formula is C15H17N3O2S. The molecule has 110 valence electrons. The standard InChI is InChI=1S/C15H17N3O2S/c16-10-4-5-12-9(7-10)8-13(21-12)15(20)18-6-2-1-3-11(18)14(17)19/h4-5,7-8,11H,1-3,6,16H2,(H2,17,19). The van der Waals surface area contributed by atoms with Crippen LogP contribution in [0.4, 0.5) is 5.69 Å². The van der Waals surface area contributed by atoms with Gasteiger partial charge in [-0.25, -0.2) is 0 Å². The molecule has 4 N–H and O–H groups in total. The van der Waals surface area contributed by atoms with Gasteiger partial charge in [-0.3, -0.25) is 9.59 Å². The molecule has 1 aromatic carbocycles. The van der Waals surface area contributed by atoms with Crippen LogP contribution in [0.3, 0.4) is 0 Å². The Morgan fingerprint density at radius 2 is 2.05 bits per heavy atom. The van der Waals surface area contributed by atoms with Crippen molar-refractivity contribution in [2.45, 2.75) is 25.3 Å². The molecule has 0 aliphatic carbocycles. The van der Waals surface area contributed by atoms with E-state index in [1.165, 1.54) is 11.3 Å². The number of likely N-dealkylation sites (tertiary alicyclic amines) is 1. The van der Waals surface area contributed by atoms with E-state index in [9.17, 15) is 9.59 Å². The number of hydrogen-bond donors (Lipinski definition) is 2. The maximum Gasteiger partial charge on any atom is 0.264 e. The molecule has 0 saturated carbocycles. The lowest BCUT2D eigenvalue weighted by Gasteiger charge is -2.33. The van der Waals surface area contributed by atoms with Crippen molar-refractivity contribution < 1.29 is 9.59 Å². The molecule has 0 bridgehead atoms. The predicted octanol–water partition coefficient (Wildman–Crippen LogP) is 1.96. The van der Waals surface area contributed by atoms with E-state index in [0.717, 1.165) is 22.9 Å². The number of primary amides is 1. The fraction of sp³-hybridized carbons (Fsp3) is 0.333. The van der Waals surface area contributed by atoms with E-state index in [1.54, 1.807) is 4.90 Å². The van der Waals surface area contributed by atoms with Gasteiger partial charge in [0.1, 0.15) is 6.04 Å². The minimum absolute atomic E-state index is 0.113. The van der Waals surface area contributed by atoms with Gasteiger partial charge in [0, 0.05) is 16.9 Å². The fourth-order valence-corrected chi connectivity index (χ4v) is 3.78. The van der Waals surface area contributed by atoms with Crippen LogP contribution in [0, 0.1) is 0 Å². The number of fused-ring (bicyclic) bond motifs is 1. The summed E-state index contributed by atoms with van der Waals surface area (Å²) in [5.74, 6) is -0.535. The highest BCUT2D eigenvalue weighted by Gasteiger charge is 2.31. The van der Waals surface area contributed by atoms with Gasteiger partial charge in [0.25, 0.3) is 5.91 Å². The molecule has 21 heavy (non-hydrogen) atoms. The number of nitrogens with zero attached hydrogens (tertiary/aromatic N) is 1. The molecule has 1 aromatic heterocycles. The SMILES string of the molecule is NC(=O)C1CCCCN1C(=O)c1cc2cc(N)ccc2s1. The smallest absolute Gasteiger partial charge is 0.264 e. The number of thiophene rings is 1. The normalized spacial score (nSPS) is 18.9. The summed E-state index contributed by atoms with van der Waals surface area (Å²) in [6.45, 7) is 0.586. The number of piperidine rings is 1. The van der Waals surface area contributed by atoms with Crippen molar-refractivity contribution in [2.24, 2.45) is 5.73 Å². The Bertz CT molecular complexity index is 710. The van der Waals surface area contributed by atoms with Crippen molar-refractivity contribution in [1.29, 1.82) is 0 Å². The molecule has 5 nitrogen and oxygen atoms in total. The largest absolute Gasteiger partial charge is 0.399 e. The molecule has 2 amide bonds. The van der Waals surface area contributed by atoms with E-state index in [2.05, 4.69) is 0 Å². The number of carbonyl (C=O) groups is 2. The number of anilines is 1. The minimum Gasteiger partial charge on any atom is -0.399 e. The maximum atomic E-state index is 12.7. The summed E-state index contributed by atoms with van der Waals surface area (Å²) in [4.78, 5) is 26.4. The highest BCUT2D eigenvalue weighted by molar-refractivity contribution is 7.20. The van der Waals surface area contributed by atoms with Crippen LogP contribution in [0.15, 0.2) is 24.3 Å². The van der Waals surface area contributed by atoms with Crippen LogP contribution in [-0.2, 0) is 4.79 Å². The lowest BCUT2D eigenvalue weighted by Crippen LogP contribution is -2.50. The van der Waals surface area contributed by atoms with Crippen molar-refractivity contribution in [3.05, 3.63) is 29.1 Å². The summed E-state index contributed by atoms with van der Waals surface area (Å²) in [5.41, 5.74) is 11.9. The van der Waals surface area contributed by atoms with Gasteiger partial charge in [0.2, 0.25) is 5.91 Å². The first-order valence-electron chi connectivity index (χ1n) is 6.95. The Balaban J connectivity index is 1.93. The van der Waals surface area contributed by atoms with Crippen molar-refractivity contribution >= 4 is 38.9 Å². The lowest BCUT2D eigenvalue weighted by molar-refractivity contribution is -0.123. The Labute approximate surface area is 126 Å². The Hall–Kier alpha value is -2.08. The Morgan fingerprint density at radius 3 is 2.81 bits per heavy atom. The second-order valence-corrected chi connectivity index (χ2v) is 6.40. The molecule has 1 unspecified atom stereocenters. The highest BCUT2D eigenvalue weighted by atomic mass is 32.1. The monoisotopic (exact) mass is 303 g/mol. The molecule has 1 aliphatic rings. The molecule has 0 spiro atoms. The first-order chi connectivity index (χ1) is 10.1. The topological polar surface area (TPSA) is 89.4 Å². The molecule has 1 aliphatic heterocycles. The van der Waals surface area contributed by atoms with Gasteiger partial charge in [-0.2, -0.15) is 0 Å².